The van der Waals surface area contributed by atoms with Gasteiger partial charge in [0.1, 0.15) is 10.0 Å². The van der Waals surface area contributed by atoms with Crippen LogP contribution in [0.15, 0.2) is 27.9 Å². The van der Waals surface area contributed by atoms with E-state index in [4.69, 9.17) is 16.7 Å². The van der Waals surface area contributed by atoms with E-state index in [1.54, 1.807) is 0 Å². The number of anilines is 1. The standard InChI is InChI=1S/C9H6ClN3O4S2/c10-9-11-2-1-6(12-9)13-19(16,17)7-3-5(4-18-7)8(14)15/h1-4H,(H,14,15)(H,11,12,13). The fourth-order valence-corrected chi connectivity index (χ4v) is 3.45. The van der Waals surface area contributed by atoms with E-state index in [0.29, 0.717) is 0 Å². The van der Waals surface area contributed by atoms with Crippen molar-refractivity contribution in [1.29, 1.82) is 0 Å². The van der Waals surface area contributed by atoms with E-state index in [1.807, 2.05) is 0 Å². The Hall–Kier alpha value is -1.71. The molecule has 2 aromatic heterocycles. The lowest BCUT2D eigenvalue weighted by molar-refractivity contribution is 0.0697. The highest BCUT2D eigenvalue weighted by molar-refractivity contribution is 7.94. The molecule has 0 aliphatic carbocycles. The van der Waals surface area contributed by atoms with E-state index >= 15 is 0 Å². The minimum Gasteiger partial charge on any atom is -0.478 e. The predicted octanol–water partition coefficient (Wildman–Crippen LogP) is 1.69. The zero-order valence-corrected chi connectivity index (χ0v) is 11.5. The summed E-state index contributed by atoms with van der Waals surface area (Å²) in [5.74, 6) is -1.19. The Morgan fingerprint density at radius 3 is 2.79 bits per heavy atom. The van der Waals surface area contributed by atoms with Crippen LogP contribution < -0.4 is 4.72 Å². The Bertz CT molecular complexity index is 729. The van der Waals surface area contributed by atoms with Gasteiger partial charge in [-0.1, -0.05) is 0 Å². The number of carboxylic acids is 1. The smallest absolute Gasteiger partial charge is 0.336 e. The minimum absolute atomic E-state index is 0.00488. The number of carbonyl (C=O) groups is 1. The minimum atomic E-state index is -3.89. The fourth-order valence-electron chi connectivity index (χ4n) is 1.15. The third kappa shape index (κ3) is 3.19. The third-order valence-corrected chi connectivity index (χ3v) is 4.93. The molecule has 2 aromatic rings. The van der Waals surface area contributed by atoms with Crippen molar-refractivity contribution < 1.29 is 18.3 Å². The van der Waals surface area contributed by atoms with E-state index < -0.39 is 16.0 Å². The van der Waals surface area contributed by atoms with E-state index in [-0.39, 0.29) is 20.9 Å². The van der Waals surface area contributed by atoms with Crippen molar-refractivity contribution in [1.82, 2.24) is 9.97 Å². The van der Waals surface area contributed by atoms with Gasteiger partial charge >= 0.3 is 5.97 Å². The van der Waals surface area contributed by atoms with Crippen LogP contribution in [0.3, 0.4) is 0 Å². The first kappa shape index (κ1) is 13.7. The second-order valence-electron chi connectivity index (χ2n) is 3.28. The molecule has 7 nitrogen and oxygen atoms in total. The van der Waals surface area contributed by atoms with Gasteiger partial charge in [0.05, 0.1) is 5.56 Å². The van der Waals surface area contributed by atoms with Gasteiger partial charge in [-0.25, -0.2) is 18.2 Å². The zero-order valence-electron chi connectivity index (χ0n) is 9.07. The van der Waals surface area contributed by atoms with Gasteiger partial charge in [-0.2, -0.15) is 4.98 Å². The summed E-state index contributed by atoms with van der Waals surface area (Å²) in [5, 5.41) is 9.88. The molecule has 2 N–H and O–H groups in total. The quantitative estimate of drug-likeness (QED) is 0.830. The number of hydrogen-bond acceptors (Lipinski definition) is 6. The zero-order chi connectivity index (χ0) is 14.0. The summed E-state index contributed by atoms with van der Waals surface area (Å²) in [7, 11) is -3.89. The first-order chi connectivity index (χ1) is 8.88. The van der Waals surface area contributed by atoms with Crippen LogP contribution in [0.4, 0.5) is 5.82 Å². The maximum absolute atomic E-state index is 12.0. The topological polar surface area (TPSA) is 109 Å². The molecule has 0 atom stereocenters. The lowest BCUT2D eigenvalue weighted by atomic mass is 10.4. The van der Waals surface area contributed by atoms with Crippen molar-refractivity contribution >= 4 is 44.7 Å². The molecule has 0 saturated carbocycles. The van der Waals surface area contributed by atoms with Gasteiger partial charge in [0.2, 0.25) is 5.28 Å². The number of rotatable bonds is 4. The molecule has 0 amide bonds. The molecule has 10 heteroatoms. The Morgan fingerprint density at radius 1 is 1.47 bits per heavy atom. The van der Waals surface area contributed by atoms with Crippen molar-refractivity contribution in [2.45, 2.75) is 4.21 Å². The maximum Gasteiger partial charge on any atom is 0.336 e. The summed E-state index contributed by atoms with van der Waals surface area (Å²) < 4.78 is 26.0. The summed E-state index contributed by atoms with van der Waals surface area (Å²) in [6.45, 7) is 0. The Labute approximate surface area is 117 Å². The lowest BCUT2D eigenvalue weighted by Crippen LogP contribution is -2.12. The molecule has 0 aliphatic heterocycles. The second-order valence-corrected chi connectivity index (χ2v) is 6.43. The Balaban J connectivity index is 2.29. The van der Waals surface area contributed by atoms with Crippen molar-refractivity contribution in [3.63, 3.8) is 0 Å². The summed E-state index contributed by atoms with van der Waals surface area (Å²) in [6, 6.07) is 2.40. The summed E-state index contributed by atoms with van der Waals surface area (Å²) in [6.07, 6.45) is 1.30. The van der Waals surface area contributed by atoms with Crippen LogP contribution in [-0.2, 0) is 10.0 Å². The molecule has 0 aliphatic rings. The number of thiophene rings is 1. The van der Waals surface area contributed by atoms with Crippen LogP contribution in [0, 0.1) is 0 Å². The molecule has 0 fully saturated rings. The maximum atomic E-state index is 12.0. The number of carboxylic acid groups (broad SMARTS) is 1. The van der Waals surface area contributed by atoms with Crippen LogP contribution in [0.5, 0.6) is 0 Å². The fraction of sp³-hybridized carbons (Fsp3) is 0. The van der Waals surface area contributed by atoms with Gasteiger partial charge in [0.25, 0.3) is 10.0 Å². The van der Waals surface area contributed by atoms with Crippen LogP contribution in [0.1, 0.15) is 10.4 Å². The predicted molar refractivity (Wildman–Crippen MR) is 69.1 cm³/mol. The number of aromatic carboxylic acids is 1. The molecule has 19 heavy (non-hydrogen) atoms. The van der Waals surface area contributed by atoms with E-state index in [2.05, 4.69) is 14.7 Å². The van der Waals surface area contributed by atoms with Crippen molar-refractivity contribution in [3.05, 3.63) is 34.6 Å². The molecular weight excluding hydrogens is 314 g/mol. The highest BCUT2D eigenvalue weighted by Crippen LogP contribution is 2.22. The van der Waals surface area contributed by atoms with Crippen molar-refractivity contribution in [2.75, 3.05) is 4.72 Å². The van der Waals surface area contributed by atoms with E-state index in [9.17, 15) is 13.2 Å². The largest absolute Gasteiger partial charge is 0.478 e. The van der Waals surface area contributed by atoms with Crippen molar-refractivity contribution in [3.8, 4) is 0 Å². The highest BCUT2D eigenvalue weighted by atomic mass is 35.5. The summed E-state index contributed by atoms with van der Waals surface area (Å²) in [5.41, 5.74) is -0.0916. The average molecular weight is 320 g/mol. The number of nitrogens with zero attached hydrogens (tertiary/aromatic N) is 2. The lowest BCUT2D eigenvalue weighted by Gasteiger charge is -2.04. The molecule has 0 spiro atoms. The Morgan fingerprint density at radius 2 is 2.21 bits per heavy atom. The highest BCUT2D eigenvalue weighted by Gasteiger charge is 2.19. The summed E-state index contributed by atoms with van der Waals surface area (Å²) in [4.78, 5) is 18.0. The number of hydrogen-bond donors (Lipinski definition) is 2. The molecule has 0 bridgehead atoms. The van der Waals surface area contributed by atoms with Gasteiger partial charge < -0.3 is 5.11 Å². The SMILES string of the molecule is O=C(O)c1csc(S(=O)(=O)Nc2ccnc(Cl)n2)c1. The monoisotopic (exact) mass is 319 g/mol. The second kappa shape index (κ2) is 5.11. The van der Waals surface area contributed by atoms with Crippen LogP contribution in [-0.4, -0.2) is 29.5 Å². The van der Waals surface area contributed by atoms with Gasteiger partial charge in [0, 0.05) is 11.6 Å². The van der Waals surface area contributed by atoms with E-state index in [1.165, 1.54) is 17.6 Å². The Kier molecular flexibility index (Phi) is 3.69. The third-order valence-electron chi connectivity index (χ3n) is 1.95. The summed E-state index contributed by atoms with van der Waals surface area (Å²) >= 11 is 6.33. The molecule has 0 aromatic carbocycles. The van der Waals surface area contributed by atoms with E-state index in [0.717, 1.165) is 17.4 Å². The van der Waals surface area contributed by atoms with Gasteiger partial charge in [-0.05, 0) is 23.7 Å². The van der Waals surface area contributed by atoms with Crippen LogP contribution in [0.25, 0.3) is 0 Å². The number of nitrogens with one attached hydrogen (secondary N) is 1. The number of aromatic nitrogens is 2. The average Bonchev–Trinajstić information content (AvgIpc) is 2.78. The molecule has 0 unspecified atom stereocenters. The first-order valence-electron chi connectivity index (χ1n) is 4.72. The van der Waals surface area contributed by atoms with Gasteiger partial charge in [-0.15, -0.1) is 11.3 Å². The molecule has 2 heterocycles. The molecule has 2 rings (SSSR count). The van der Waals surface area contributed by atoms with Gasteiger partial charge in [0.15, 0.2) is 0 Å². The number of sulfonamides is 1. The molecule has 0 saturated heterocycles. The molecule has 100 valence electrons. The molecular formula is C9H6ClN3O4S2. The van der Waals surface area contributed by atoms with Crippen LogP contribution >= 0.6 is 22.9 Å². The number of halogens is 1. The van der Waals surface area contributed by atoms with Crippen LogP contribution in [0.2, 0.25) is 5.28 Å². The normalized spacial score (nSPS) is 11.2. The van der Waals surface area contributed by atoms with Crippen molar-refractivity contribution in [2.24, 2.45) is 0 Å². The molecule has 0 radical (unpaired) electrons. The first-order valence-corrected chi connectivity index (χ1v) is 7.46. The van der Waals surface area contributed by atoms with Gasteiger partial charge in [-0.3, -0.25) is 4.72 Å².